The number of hydrogen-bond donors (Lipinski definition) is 0. The summed E-state index contributed by atoms with van der Waals surface area (Å²) < 4.78 is 4.62. The van der Waals surface area contributed by atoms with Crippen molar-refractivity contribution in [2.24, 2.45) is 0 Å². The van der Waals surface area contributed by atoms with Crippen LogP contribution in [-0.4, -0.2) is 61.4 Å². The molecule has 1 aliphatic heterocycles. The molecule has 158 valence electrons. The molecule has 0 radical (unpaired) electrons. The van der Waals surface area contributed by atoms with Crippen molar-refractivity contribution in [3.63, 3.8) is 0 Å². The van der Waals surface area contributed by atoms with Crippen molar-refractivity contribution in [3.05, 3.63) is 68.7 Å². The Labute approximate surface area is 189 Å². The minimum Gasteiger partial charge on any atom is -0.335 e. The molecule has 1 amide bonds. The van der Waals surface area contributed by atoms with Gasteiger partial charge < -0.3 is 4.90 Å². The van der Waals surface area contributed by atoms with Gasteiger partial charge in [-0.3, -0.25) is 14.4 Å². The smallest absolute Gasteiger partial charge is 0.274 e. The Kier molecular flexibility index (Phi) is 6.26. The average molecular weight is 492 g/mol. The Hall–Kier alpha value is -2.16. The van der Waals surface area contributed by atoms with Gasteiger partial charge in [-0.2, -0.15) is 10.2 Å². The lowest BCUT2D eigenvalue weighted by molar-refractivity contribution is 0.0621. The number of amides is 1. The van der Waals surface area contributed by atoms with E-state index in [9.17, 15) is 4.79 Å². The molecule has 0 bridgehead atoms. The summed E-state index contributed by atoms with van der Waals surface area (Å²) in [6.07, 6.45) is 1.83. The highest BCUT2D eigenvalue weighted by Gasteiger charge is 2.24. The molecule has 4 rings (SSSR count). The van der Waals surface area contributed by atoms with E-state index in [1.54, 1.807) is 10.7 Å². The van der Waals surface area contributed by atoms with E-state index in [4.69, 9.17) is 11.6 Å². The summed E-state index contributed by atoms with van der Waals surface area (Å²) in [6, 6.07) is 9.71. The molecule has 7 nitrogen and oxygen atoms in total. The van der Waals surface area contributed by atoms with Gasteiger partial charge in [-0.05, 0) is 53.5 Å². The molecule has 1 aromatic carbocycles. The van der Waals surface area contributed by atoms with Crippen LogP contribution in [0.25, 0.3) is 0 Å². The lowest BCUT2D eigenvalue weighted by atomic mass is 10.2. The maximum Gasteiger partial charge on any atom is 0.274 e. The van der Waals surface area contributed by atoms with Gasteiger partial charge >= 0.3 is 0 Å². The highest BCUT2D eigenvalue weighted by Crippen LogP contribution is 2.20. The second-order valence-electron chi connectivity index (χ2n) is 7.56. The van der Waals surface area contributed by atoms with E-state index in [-0.39, 0.29) is 5.91 Å². The summed E-state index contributed by atoms with van der Waals surface area (Å²) in [4.78, 5) is 17.1. The van der Waals surface area contributed by atoms with E-state index in [1.165, 1.54) is 5.56 Å². The van der Waals surface area contributed by atoms with E-state index in [1.807, 2.05) is 47.8 Å². The molecule has 3 heterocycles. The molecule has 9 heteroatoms. The molecule has 0 atom stereocenters. The Balaban J connectivity index is 1.34. The molecule has 0 N–H and O–H groups in total. The number of piperazine rings is 1. The van der Waals surface area contributed by atoms with Gasteiger partial charge in [0.15, 0.2) is 0 Å². The molecule has 0 spiro atoms. The van der Waals surface area contributed by atoms with Gasteiger partial charge in [0, 0.05) is 43.9 Å². The minimum atomic E-state index is -0.0225. The number of aromatic nitrogens is 4. The minimum absolute atomic E-state index is 0.0225. The standard InChI is InChI=1S/C21H24BrClN6O/c1-15-20(22)16(2)29(24-15)14-28-7-6-19(25-28)21(30)27-10-8-26(9-11-27)13-17-4-3-5-18(23)12-17/h3-7,12H,8-11,13-14H2,1-2H3. The number of halogens is 2. The fourth-order valence-electron chi connectivity index (χ4n) is 3.67. The van der Waals surface area contributed by atoms with Gasteiger partial charge in [-0.15, -0.1) is 0 Å². The van der Waals surface area contributed by atoms with Crippen LogP contribution in [0.1, 0.15) is 27.4 Å². The largest absolute Gasteiger partial charge is 0.335 e. The van der Waals surface area contributed by atoms with Crippen molar-refractivity contribution in [3.8, 4) is 0 Å². The number of benzene rings is 1. The van der Waals surface area contributed by atoms with Crippen LogP contribution < -0.4 is 0 Å². The van der Waals surface area contributed by atoms with Crippen molar-refractivity contribution < 1.29 is 4.79 Å². The molecule has 30 heavy (non-hydrogen) atoms. The SMILES string of the molecule is Cc1nn(Cn2ccc(C(=O)N3CCN(Cc4cccc(Cl)c4)CC3)n2)c(C)c1Br. The van der Waals surface area contributed by atoms with Crippen LogP contribution in [0.5, 0.6) is 0 Å². The van der Waals surface area contributed by atoms with Gasteiger partial charge in [-0.25, -0.2) is 4.68 Å². The van der Waals surface area contributed by atoms with E-state index < -0.39 is 0 Å². The third-order valence-corrected chi connectivity index (χ3v) is 6.77. The van der Waals surface area contributed by atoms with E-state index >= 15 is 0 Å². The van der Waals surface area contributed by atoms with E-state index in [0.717, 1.165) is 40.5 Å². The molecular weight excluding hydrogens is 468 g/mol. The third kappa shape index (κ3) is 4.61. The van der Waals surface area contributed by atoms with Gasteiger partial charge in [0.2, 0.25) is 0 Å². The normalized spacial score (nSPS) is 15.0. The van der Waals surface area contributed by atoms with Crippen molar-refractivity contribution in [1.29, 1.82) is 0 Å². The molecule has 3 aromatic rings. The molecule has 1 fully saturated rings. The lowest BCUT2D eigenvalue weighted by Crippen LogP contribution is -2.48. The van der Waals surface area contributed by atoms with Crippen LogP contribution >= 0.6 is 27.5 Å². The predicted octanol–water partition coefficient (Wildman–Crippen LogP) is 3.58. The van der Waals surface area contributed by atoms with Gasteiger partial charge in [-0.1, -0.05) is 23.7 Å². The molecule has 1 aliphatic rings. The number of carbonyl (C=O) groups is 1. The summed E-state index contributed by atoms with van der Waals surface area (Å²) in [7, 11) is 0. The highest BCUT2D eigenvalue weighted by molar-refractivity contribution is 9.10. The van der Waals surface area contributed by atoms with Crippen LogP contribution in [0.15, 0.2) is 41.0 Å². The fourth-order valence-corrected chi connectivity index (χ4v) is 4.17. The molecule has 1 saturated heterocycles. The first-order chi connectivity index (χ1) is 14.4. The van der Waals surface area contributed by atoms with Crippen LogP contribution in [0, 0.1) is 13.8 Å². The van der Waals surface area contributed by atoms with Crippen molar-refractivity contribution in [2.75, 3.05) is 26.2 Å². The first-order valence-electron chi connectivity index (χ1n) is 9.90. The van der Waals surface area contributed by atoms with Crippen LogP contribution in [0.3, 0.4) is 0 Å². The second kappa shape index (κ2) is 8.91. The maximum absolute atomic E-state index is 12.9. The highest BCUT2D eigenvalue weighted by atomic mass is 79.9. The number of aryl methyl sites for hydroxylation is 1. The zero-order chi connectivity index (χ0) is 21.3. The van der Waals surface area contributed by atoms with Crippen LogP contribution in [0.4, 0.5) is 0 Å². The maximum atomic E-state index is 12.9. The molecule has 2 aromatic heterocycles. The fraction of sp³-hybridized carbons (Fsp3) is 0.381. The first kappa shape index (κ1) is 21.1. The van der Waals surface area contributed by atoms with E-state index in [0.29, 0.717) is 25.5 Å². The summed E-state index contributed by atoms with van der Waals surface area (Å²) in [5, 5.41) is 9.73. The molecule has 0 aliphatic carbocycles. The zero-order valence-electron chi connectivity index (χ0n) is 17.1. The van der Waals surface area contributed by atoms with E-state index in [2.05, 4.69) is 37.1 Å². The molecule has 0 saturated carbocycles. The quantitative estimate of drug-likeness (QED) is 0.547. The Morgan fingerprint density at radius 1 is 1.13 bits per heavy atom. The number of rotatable bonds is 5. The molecule has 0 unspecified atom stereocenters. The molecular formula is C21H24BrClN6O. The summed E-state index contributed by atoms with van der Waals surface area (Å²) in [6.45, 7) is 8.32. The monoisotopic (exact) mass is 490 g/mol. The zero-order valence-corrected chi connectivity index (χ0v) is 19.4. The van der Waals surface area contributed by atoms with Crippen LogP contribution in [0.2, 0.25) is 5.02 Å². The van der Waals surface area contributed by atoms with Crippen molar-refractivity contribution >= 4 is 33.4 Å². The second-order valence-corrected chi connectivity index (χ2v) is 8.79. The Morgan fingerprint density at radius 2 is 1.90 bits per heavy atom. The third-order valence-electron chi connectivity index (χ3n) is 5.39. The average Bonchev–Trinajstić information content (AvgIpc) is 3.29. The van der Waals surface area contributed by atoms with Gasteiger partial charge in [0.1, 0.15) is 12.4 Å². The predicted molar refractivity (Wildman–Crippen MR) is 120 cm³/mol. The van der Waals surface area contributed by atoms with Crippen molar-refractivity contribution in [2.45, 2.75) is 27.1 Å². The van der Waals surface area contributed by atoms with Gasteiger partial charge in [0.05, 0.1) is 15.9 Å². The Morgan fingerprint density at radius 3 is 2.57 bits per heavy atom. The first-order valence-corrected chi connectivity index (χ1v) is 11.1. The summed E-state index contributed by atoms with van der Waals surface area (Å²) >= 11 is 9.62. The number of nitrogens with zero attached hydrogens (tertiary/aromatic N) is 6. The van der Waals surface area contributed by atoms with Crippen molar-refractivity contribution in [1.82, 2.24) is 29.4 Å². The topological polar surface area (TPSA) is 59.2 Å². The summed E-state index contributed by atoms with van der Waals surface area (Å²) in [5.74, 6) is -0.0225. The Bertz CT molecular complexity index is 1050. The summed E-state index contributed by atoms with van der Waals surface area (Å²) in [5.41, 5.74) is 3.63. The number of hydrogen-bond acceptors (Lipinski definition) is 4. The lowest BCUT2D eigenvalue weighted by Gasteiger charge is -2.34. The van der Waals surface area contributed by atoms with Crippen LogP contribution in [-0.2, 0) is 13.2 Å². The number of carbonyl (C=O) groups excluding carboxylic acids is 1. The van der Waals surface area contributed by atoms with Gasteiger partial charge in [0.25, 0.3) is 5.91 Å².